The van der Waals surface area contributed by atoms with Crippen molar-refractivity contribution in [1.82, 2.24) is 10.6 Å². The van der Waals surface area contributed by atoms with Crippen LogP contribution >= 0.6 is 0 Å². The fraction of sp³-hybridized carbons (Fsp3) is 0.800. The molecule has 88 valence electrons. The van der Waals surface area contributed by atoms with Crippen LogP contribution in [0.25, 0.3) is 0 Å². The van der Waals surface area contributed by atoms with Gasteiger partial charge in [0.2, 0.25) is 11.8 Å². The Morgan fingerprint density at radius 1 is 1.20 bits per heavy atom. The Morgan fingerprint density at radius 2 is 1.73 bits per heavy atom. The summed E-state index contributed by atoms with van der Waals surface area (Å²) in [6.45, 7) is 7.77. The highest BCUT2D eigenvalue weighted by Crippen LogP contribution is 1.99. The van der Waals surface area contributed by atoms with E-state index >= 15 is 0 Å². The molecule has 0 aliphatic carbocycles. The van der Waals surface area contributed by atoms with Crippen molar-refractivity contribution in [3.8, 4) is 0 Å². The first-order valence-corrected chi connectivity index (χ1v) is 5.16. The van der Waals surface area contributed by atoms with Gasteiger partial charge in [-0.25, -0.2) is 0 Å². The smallest absolute Gasteiger partial charge is 0.240 e. The van der Waals surface area contributed by atoms with Gasteiger partial charge in [0, 0.05) is 6.04 Å². The van der Waals surface area contributed by atoms with E-state index in [1.807, 2.05) is 27.7 Å². The van der Waals surface area contributed by atoms with Crippen molar-refractivity contribution < 1.29 is 9.59 Å². The molecule has 0 spiro atoms. The monoisotopic (exact) mass is 215 g/mol. The molecular formula is C10H21N3O2. The fourth-order valence-electron chi connectivity index (χ4n) is 1.09. The molecule has 0 aromatic heterocycles. The van der Waals surface area contributed by atoms with Crippen LogP contribution in [0.2, 0.25) is 0 Å². The molecule has 0 saturated heterocycles. The van der Waals surface area contributed by atoms with Gasteiger partial charge in [-0.05, 0) is 5.92 Å². The number of hydrogen-bond donors (Lipinski definition) is 3. The lowest BCUT2D eigenvalue weighted by Crippen LogP contribution is -2.50. The minimum Gasteiger partial charge on any atom is -0.368 e. The second-order valence-corrected chi connectivity index (χ2v) is 4.23. The number of hydrogen-bond acceptors (Lipinski definition) is 3. The SMILES string of the molecule is CC(C)NCC(=O)NC(C(N)=O)C(C)C. The third kappa shape index (κ3) is 6.06. The van der Waals surface area contributed by atoms with Gasteiger partial charge in [0.1, 0.15) is 6.04 Å². The highest BCUT2D eigenvalue weighted by Gasteiger charge is 2.21. The summed E-state index contributed by atoms with van der Waals surface area (Å²) < 4.78 is 0. The summed E-state index contributed by atoms with van der Waals surface area (Å²) in [4.78, 5) is 22.4. The maximum absolute atomic E-state index is 11.4. The molecule has 0 bridgehead atoms. The van der Waals surface area contributed by atoms with Gasteiger partial charge in [-0.1, -0.05) is 27.7 Å². The molecule has 0 radical (unpaired) electrons. The summed E-state index contributed by atoms with van der Waals surface area (Å²) in [7, 11) is 0. The number of amides is 2. The van der Waals surface area contributed by atoms with E-state index < -0.39 is 11.9 Å². The zero-order valence-corrected chi connectivity index (χ0v) is 9.83. The lowest BCUT2D eigenvalue weighted by molar-refractivity contribution is -0.127. The lowest BCUT2D eigenvalue weighted by atomic mass is 10.0. The van der Waals surface area contributed by atoms with Crippen LogP contribution in [-0.4, -0.2) is 30.4 Å². The number of primary amides is 1. The third-order valence-electron chi connectivity index (χ3n) is 1.96. The number of nitrogens with one attached hydrogen (secondary N) is 2. The highest BCUT2D eigenvalue weighted by atomic mass is 16.2. The molecule has 2 amide bonds. The average molecular weight is 215 g/mol. The normalized spacial score (nSPS) is 12.9. The number of nitrogens with two attached hydrogens (primary N) is 1. The Kier molecular flexibility index (Phi) is 5.93. The van der Waals surface area contributed by atoms with E-state index in [1.54, 1.807) is 0 Å². The summed E-state index contributed by atoms with van der Waals surface area (Å²) in [5.41, 5.74) is 5.17. The molecule has 0 aliphatic rings. The molecule has 0 aromatic carbocycles. The minimum atomic E-state index is -0.591. The van der Waals surface area contributed by atoms with Crippen LogP contribution in [-0.2, 0) is 9.59 Å². The Balaban J connectivity index is 4.07. The predicted octanol–water partition coefficient (Wildman–Crippen LogP) is -0.389. The molecule has 1 unspecified atom stereocenters. The third-order valence-corrected chi connectivity index (χ3v) is 1.96. The van der Waals surface area contributed by atoms with Crippen LogP contribution in [0, 0.1) is 5.92 Å². The number of carbonyl (C=O) groups is 2. The van der Waals surface area contributed by atoms with Crippen molar-refractivity contribution in [2.75, 3.05) is 6.54 Å². The fourth-order valence-corrected chi connectivity index (χ4v) is 1.09. The summed E-state index contributed by atoms with van der Waals surface area (Å²) in [6, 6.07) is -0.353. The predicted molar refractivity (Wildman–Crippen MR) is 59.1 cm³/mol. The Bertz CT molecular complexity index is 227. The van der Waals surface area contributed by atoms with Gasteiger partial charge >= 0.3 is 0 Å². The van der Waals surface area contributed by atoms with Crippen molar-refractivity contribution in [1.29, 1.82) is 0 Å². The molecule has 0 saturated carbocycles. The standard InChI is InChI=1S/C10H21N3O2/c1-6(2)9(10(11)15)13-8(14)5-12-7(3)4/h6-7,9,12H,5H2,1-4H3,(H2,11,15)(H,13,14). The largest absolute Gasteiger partial charge is 0.368 e. The molecule has 15 heavy (non-hydrogen) atoms. The topological polar surface area (TPSA) is 84.2 Å². The molecule has 0 heterocycles. The van der Waals surface area contributed by atoms with E-state index in [0.717, 1.165) is 0 Å². The summed E-state index contributed by atoms with van der Waals surface area (Å²) in [5.74, 6) is -0.699. The van der Waals surface area contributed by atoms with E-state index in [-0.39, 0.29) is 24.4 Å². The minimum absolute atomic E-state index is 0.00509. The zero-order chi connectivity index (χ0) is 12.0. The highest BCUT2D eigenvalue weighted by molar-refractivity contribution is 5.87. The second kappa shape index (κ2) is 6.40. The zero-order valence-electron chi connectivity index (χ0n) is 9.83. The van der Waals surface area contributed by atoms with Crippen LogP contribution < -0.4 is 16.4 Å². The molecule has 0 aromatic rings. The second-order valence-electron chi connectivity index (χ2n) is 4.23. The number of carbonyl (C=O) groups excluding carboxylic acids is 2. The van der Waals surface area contributed by atoms with Crippen molar-refractivity contribution in [3.05, 3.63) is 0 Å². The van der Waals surface area contributed by atoms with Gasteiger partial charge in [0.05, 0.1) is 6.54 Å². The van der Waals surface area contributed by atoms with E-state index in [4.69, 9.17) is 5.73 Å². The molecule has 4 N–H and O–H groups in total. The van der Waals surface area contributed by atoms with Gasteiger partial charge in [-0.15, -0.1) is 0 Å². The van der Waals surface area contributed by atoms with Crippen LogP contribution in [0.4, 0.5) is 0 Å². The van der Waals surface area contributed by atoms with Gasteiger partial charge in [0.15, 0.2) is 0 Å². The molecule has 1 atom stereocenters. The lowest BCUT2D eigenvalue weighted by Gasteiger charge is -2.19. The summed E-state index contributed by atoms with van der Waals surface area (Å²) in [6.07, 6.45) is 0. The van der Waals surface area contributed by atoms with Gasteiger partial charge in [-0.3, -0.25) is 9.59 Å². The van der Waals surface area contributed by atoms with E-state index in [1.165, 1.54) is 0 Å². The van der Waals surface area contributed by atoms with Crippen molar-refractivity contribution in [3.63, 3.8) is 0 Å². The van der Waals surface area contributed by atoms with Crippen molar-refractivity contribution >= 4 is 11.8 Å². The summed E-state index contributed by atoms with van der Waals surface area (Å²) in [5, 5.41) is 5.56. The summed E-state index contributed by atoms with van der Waals surface area (Å²) >= 11 is 0. The molecule has 5 heteroatoms. The first-order valence-electron chi connectivity index (χ1n) is 5.16. The molecular weight excluding hydrogens is 194 g/mol. The van der Waals surface area contributed by atoms with Gasteiger partial charge < -0.3 is 16.4 Å². The Hall–Kier alpha value is -1.10. The van der Waals surface area contributed by atoms with Crippen LogP contribution in [0.1, 0.15) is 27.7 Å². The van der Waals surface area contributed by atoms with E-state index in [9.17, 15) is 9.59 Å². The van der Waals surface area contributed by atoms with Gasteiger partial charge in [-0.2, -0.15) is 0 Å². The molecule has 0 fully saturated rings. The van der Waals surface area contributed by atoms with Gasteiger partial charge in [0.25, 0.3) is 0 Å². The Labute approximate surface area is 90.8 Å². The van der Waals surface area contributed by atoms with Crippen LogP contribution in [0.5, 0.6) is 0 Å². The van der Waals surface area contributed by atoms with Crippen molar-refractivity contribution in [2.45, 2.75) is 39.8 Å². The van der Waals surface area contributed by atoms with Crippen LogP contribution in [0.3, 0.4) is 0 Å². The molecule has 0 rings (SSSR count). The Morgan fingerprint density at radius 3 is 2.07 bits per heavy atom. The van der Waals surface area contributed by atoms with Crippen molar-refractivity contribution in [2.24, 2.45) is 11.7 Å². The maximum Gasteiger partial charge on any atom is 0.240 e. The molecule has 5 nitrogen and oxygen atoms in total. The van der Waals surface area contributed by atoms with E-state index in [0.29, 0.717) is 0 Å². The average Bonchev–Trinajstić information content (AvgIpc) is 2.09. The van der Waals surface area contributed by atoms with Crippen LogP contribution in [0.15, 0.2) is 0 Å². The quantitative estimate of drug-likeness (QED) is 0.564. The molecule has 0 aliphatic heterocycles. The number of rotatable bonds is 6. The maximum atomic E-state index is 11.4. The first-order chi connectivity index (χ1) is 6.84. The van der Waals surface area contributed by atoms with E-state index in [2.05, 4.69) is 10.6 Å². The first kappa shape index (κ1) is 13.9.